The Labute approximate surface area is 167 Å². The summed E-state index contributed by atoms with van der Waals surface area (Å²) < 4.78 is 5.99. The van der Waals surface area contributed by atoms with E-state index in [0.29, 0.717) is 27.6 Å². The summed E-state index contributed by atoms with van der Waals surface area (Å²) in [6.07, 6.45) is 7.32. The van der Waals surface area contributed by atoms with Gasteiger partial charge in [-0.15, -0.1) is 0 Å². The Morgan fingerprint density at radius 2 is 2.04 bits per heavy atom. The van der Waals surface area contributed by atoms with E-state index in [0.717, 1.165) is 31.2 Å². The average molecular weight is 439 g/mol. The molecule has 0 aromatic heterocycles. The van der Waals surface area contributed by atoms with Crippen molar-refractivity contribution in [1.82, 2.24) is 9.80 Å². The number of carbonyl (C=O) groups is 1. The summed E-state index contributed by atoms with van der Waals surface area (Å²) in [5.74, 6) is 0.388. The molecule has 0 radical (unpaired) electrons. The zero-order chi connectivity index (χ0) is 18.8. The lowest BCUT2D eigenvalue weighted by atomic mass is 9.94. The van der Waals surface area contributed by atoms with Gasteiger partial charge in [0.1, 0.15) is 5.70 Å². The lowest BCUT2D eigenvalue weighted by Crippen LogP contribution is -2.41. The van der Waals surface area contributed by atoms with Crippen molar-refractivity contribution < 1.29 is 14.6 Å². The minimum Gasteiger partial charge on any atom is -0.503 e. The van der Waals surface area contributed by atoms with Crippen LogP contribution in [0.3, 0.4) is 0 Å². The van der Waals surface area contributed by atoms with Gasteiger partial charge < -0.3 is 14.7 Å². The number of amides is 1. The number of nitrogens with zero attached hydrogens (tertiary/aromatic N) is 2. The number of likely N-dealkylation sites (N-methyl/N-ethyl adjacent to an activating group) is 1. The highest BCUT2D eigenvalue weighted by Gasteiger charge is 2.40. The molecule has 26 heavy (non-hydrogen) atoms. The number of aromatic hydroxyl groups is 1. The van der Waals surface area contributed by atoms with Crippen molar-refractivity contribution >= 4 is 45.2 Å². The summed E-state index contributed by atoms with van der Waals surface area (Å²) in [5, 5.41) is 10.6. The highest BCUT2D eigenvalue weighted by atomic mass is 79.9. The van der Waals surface area contributed by atoms with Crippen LogP contribution in [0.1, 0.15) is 44.6 Å². The second kappa shape index (κ2) is 7.96. The van der Waals surface area contributed by atoms with Gasteiger partial charge in [-0.2, -0.15) is 0 Å². The van der Waals surface area contributed by atoms with E-state index >= 15 is 0 Å². The van der Waals surface area contributed by atoms with Crippen LogP contribution in [0, 0.1) is 0 Å². The van der Waals surface area contributed by atoms with E-state index in [4.69, 9.17) is 17.0 Å². The number of carbonyl (C=O) groups excluding carboxylic acids is 1. The fourth-order valence-corrected chi connectivity index (χ4v) is 4.33. The molecule has 1 aromatic rings. The molecule has 0 atom stereocenters. The van der Waals surface area contributed by atoms with E-state index in [-0.39, 0.29) is 17.7 Å². The number of hydrogen-bond acceptors (Lipinski definition) is 4. The maximum atomic E-state index is 13.0. The molecule has 1 N–H and O–H groups in total. The first kappa shape index (κ1) is 19.2. The van der Waals surface area contributed by atoms with Crippen LogP contribution < -0.4 is 4.74 Å². The average Bonchev–Trinajstić information content (AvgIpc) is 2.83. The largest absolute Gasteiger partial charge is 0.503 e. The van der Waals surface area contributed by atoms with Gasteiger partial charge in [0.05, 0.1) is 11.1 Å². The summed E-state index contributed by atoms with van der Waals surface area (Å²) in [6.45, 7) is 2.30. The van der Waals surface area contributed by atoms with Gasteiger partial charge in [-0.3, -0.25) is 9.69 Å². The van der Waals surface area contributed by atoms with Crippen LogP contribution >= 0.6 is 28.1 Å². The molecule has 7 heteroatoms. The Morgan fingerprint density at radius 3 is 2.69 bits per heavy atom. The molecule has 1 saturated heterocycles. The maximum Gasteiger partial charge on any atom is 0.277 e. The molecular formula is C19H23BrN2O3S. The van der Waals surface area contributed by atoms with Crippen LogP contribution in [0.25, 0.3) is 6.08 Å². The molecular weight excluding hydrogens is 416 g/mol. The Kier molecular flexibility index (Phi) is 5.87. The van der Waals surface area contributed by atoms with Crippen LogP contribution in [0.2, 0.25) is 0 Å². The molecule has 0 bridgehead atoms. The van der Waals surface area contributed by atoms with Crippen LogP contribution in [-0.4, -0.2) is 45.6 Å². The third-order valence-corrected chi connectivity index (χ3v) is 5.96. The molecule has 5 nitrogen and oxygen atoms in total. The summed E-state index contributed by atoms with van der Waals surface area (Å²) in [7, 11) is 1.83. The van der Waals surface area contributed by atoms with Crippen molar-refractivity contribution in [2.45, 2.75) is 45.1 Å². The van der Waals surface area contributed by atoms with Gasteiger partial charge >= 0.3 is 0 Å². The van der Waals surface area contributed by atoms with E-state index in [1.165, 1.54) is 6.42 Å². The number of phenols is 1. The first-order valence-corrected chi connectivity index (χ1v) is 10.1. The number of halogens is 1. The van der Waals surface area contributed by atoms with E-state index in [9.17, 15) is 9.90 Å². The number of hydrogen-bond donors (Lipinski definition) is 1. The molecule has 1 aromatic carbocycles. The zero-order valence-electron chi connectivity index (χ0n) is 15.0. The minimum atomic E-state index is -0.0495. The zero-order valence-corrected chi connectivity index (χ0v) is 17.4. The van der Waals surface area contributed by atoms with Crippen molar-refractivity contribution in [2.75, 3.05) is 13.7 Å². The van der Waals surface area contributed by atoms with Crippen LogP contribution in [-0.2, 0) is 4.79 Å². The van der Waals surface area contributed by atoms with Crippen molar-refractivity contribution in [1.29, 1.82) is 0 Å². The molecule has 1 saturated carbocycles. The summed E-state index contributed by atoms with van der Waals surface area (Å²) in [4.78, 5) is 16.6. The van der Waals surface area contributed by atoms with Crippen LogP contribution in [0.5, 0.6) is 11.5 Å². The molecule has 0 spiro atoms. The van der Waals surface area contributed by atoms with Crippen LogP contribution in [0.4, 0.5) is 0 Å². The molecule has 1 amide bonds. The molecule has 1 aliphatic carbocycles. The fraction of sp³-hybridized carbons (Fsp3) is 0.474. The highest BCUT2D eigenvalue weighted by molar-refractivity contribution is 9.10. The second-order valence-corrected chi connectivity index (χ2v) is 7.84. The number of rotatable bonds is 4. The van der Waals surface area contributed by atoms with Gasteiger partial charge in [-0.05, 0) is 71.7 Å². The molecule has 0 unspecified atom stereocenters. The van der Waals surface area contributed by atoms with E-state index < -0.39 is 0 Å². The van der Waals surface area contributed by atoms with Crippen LogP contribution in [0.15, 0.2) is 22.3 Å². The van der Waals surface area contributed by atoms with Gasteiger partial charge in [0.15, 0.2) is 16.6 Å². The van der Waals surface area contributed by atoms with Gasteiger partial charge in [0.25, 0.3) is 5.91 Å². The van der Waals surface area contributed by atoms with Crippen molar-refractivity contribution in [3.8, 4) is 11.5 Å². The number of thiocarbonyl (C=S) groups is 1. The molecule has 1 heterocycles. The molecule has 3 rings (SSSR count). The number of ether oxygens (including phenoxy) is 1. The molecule has 140 valence electrons. The van der Waals surface area contributed by atoms with Gasteiger partial charge in [0.2, 0.25) is 0 Å². The Hall–Kier alpha value is -1.60. The van der Waals surface area contributed by atoms with E-state index in [1.54, 1.807) is 28.0 Å². The number of benzene rings is 1. The summed E-state index contributed by atoms with van der Waals surface area (Å²) >= 11 is 8.88. The summed E-state index contributed by atoms with van der Waals surface area (Å²) in [5.41, 5.74) is 1.31. The molecule has 2 fully saturated rings. The van der Waals surface area contributed by atoms with Crippen molar-refractivity contribution in [3.05, 3.63) is 27.9 Å². The third kappa shape index (κ3) is 3.60. The topological polar surface area (TPSA) is 53.0 Å². The van der Waals surface area contributed by atoms with Crippen molar-refractivity contribution in [3.63, 3.8) is 0 Å². The predicted octanol–water partition coefficient (Wildman–Crippen LogP) is 4.29. The quantitative estimate of drug-likeness (QED) is 0.561. The van der Waals surface area contributed by atoms with E-state index in [2.05, 4.69) is 15.9 Å². The van der Waals surface area contributed by atoms with Gasteiger partial charge in [-0.1, -0.05) is 19.3 Å². The monoisotopic (exact) mass is 438 g/mol. The first-order valence-electron chi connectivity index (χ1n) is 8.92. The number of phenolic OH excluding ortho intramolecular Hbond substituents is 1. The Balaban J connectivity index is 1.93. The second-order valence-electron chi connectivity index (χ2n) is 6.62. The normalized spacial score (nSPS) is 20.3. The lowest BCUT2D eigenvalue weighted by molar-refractivity contribution is -0.124. The fourth-order valence-electron chi connectivity index (χ4n) is 3.54. The van der Waals surface area contributed by atoms with Gasteiger partial charge in [0, 0.05) is 13.1 Å². The highest BCUT2D eigenvalue weighted by Crippen LogP contribution is 2.37. The first-order chi connectivity index (χ1) is 12.4. The molecule has 2 aliphatic rings. The Bertz CT molecular complexity index is 759. The maximum absolute atomic E-state index is 13.0. The standard InChI is InChI=1S/C19H23BrN2O3S/c1-3-25-16-11-12(9-14(20)17(16)23)10-15-18(24)22(19(26)21(15)2)13-7-5-4-6-8-13/h9-11,13,23H,3-8H2,1-2H3/b15-10-. The summed E-state index contributed by atoms with van der Waals surface area (Å²) in [6, 6.07) is 3.69. The smallest absolute Gasteiger partial charge is 0.277 e. The molecule has 1 aliphatic heterocycles. The Morgan fingerprint density at radius 1 is 1.35 bits per heavy atom. The third-order valence-electron chi connectivity index (χ3n) is 4.89. The lowest BCUT2D eigenvalue weighted by Gasteiger charge is -2.30. The predicted molar refractivity (Wildman–Crippen MR) is 109 cm³/mol. The van der Waals surface area contributed by atoms with E-state index in [1.807, 2.05) is 14.0 Å². The van der Waals surface area contributed by atoms with Crippen molar-refractivity contribution in [2.24, 2.45) is 0 Å². The minimum absolute atomic E-state index is 0.0495. The van der Waals surface area contributed by atoms with Gasteiger partial charge in [-0.25, -0.2) is 0 Å². The SMILES string of the molecule is CCOc1cc(/C=C2/C(=O)N(C3CCCCC3)C(=S)N2C)cc(Br)c1O.